The number of piperidine rings is 1. The minimum absolute atomic E-state index is 0. The number of hydrogen-bond acceptors (Lipinski definition) is 5. The lowest BCUT2D eigenvalue weighted by molar-refractivity contribution is -0.157. The standard InChI is InChI=1S/C19H31N5O4.ClH/c1-2-22-9-10-24(19(28)18(22)27)13-16(25)23-8-4-5-14(12-23)11-21-17(26)15-6-3-7-20-15;/h14-15,20H,2-13H2,1H3,(H,21,26);1H. The van der Waals surface area contributed by atoms with E-state index >= 15 is 0 Å². The Labute approximate surface area is 177 Å². The predicted molar refractivity (Wildman–Crippen MR) is 109 cm³/mol. The van der Waals surface area contributed by atoms with Crippen LogP contribution in [0.5, 0.6) is 0 Å². The summed E-state index contributed by atoms with van der Waals surface area (Å²) in [7, 11) is 0. The van der Waals surface area contributed by atoms with Crippen LogP contribution in [0.4, 0.5) is 0 Å². The van der Waals surface area contributed by atoms with Crippen molar-refractivity contribution in [3.8, 4) is 0 Å². The van der Waals surface area contributed by atoms with Crippen LogP contribution in [0.2, 0.25) is 0 Å². The summed E-state index contributed by atoms with van der Waals surface area (Å²) in [4.78, 5) is 53.6. The Bertz CT molecular complexity index is 626. The Morgan fingerprint density at radius 2 is 1.79 bits per heavy atom. The van der Waals surface area contributed by atoms with E-state index in [2.05, 4.69) is 10.6 Å². The molecule has 2 N–H and O–H groups in total. The van der Waals surface area contributed by atoms with Crippen molar-refractivity contribution in [2.75, 3.05) is 52.4 Å². The van der Waals surface area contributed by atoms with Crippen LogP contribution >= 0.6 is 12.4 Å². The van der Waals surface area contributed by atoms with E-state index < -0.39 is 11.8 Å². The zero-order chi connectivity index (χ0) is 20.1. The molecule has 0 aromatic heterocycles. The monoisotopic (exact) mass is 429 g/mol. The average molecular weight is 430 g/mol. The van der Waals surface area contributed by atoms with E-state index in [9.17, 15) is 19.2 Å². The number of likely N-dealkylation sites (tertiary alicyclic amines) is 1. The molecule has 3 heterocycles. The normalized spacial score (nSPS) is 25.1. The van der Waals surface area contributed by atoms with Crippen LogP contribution in [-0.2, 0) is 19.2 Å². The van der Waals surface area contributed by atoms with Crippen LogP contribution in [-0.4, -0.2) is 96.7 Å². The highest BCUT2D eigenvalue weighted by Gasteiger charge is 2.34. The fourth-order valence-corrected chi connectivity index (χ4v) is 4.17. The molecule has 164 valence electrons. The Hall–Kier alpha value is -1.87. The summed E-state index contributed by atoms with van der Waals surface area (Å²) in [6.45, 7) is 5.84. The first-order chi connectivity index (χ1) is 13.5. The van der Waals surface area contributed by atoms with Gasteiger partial charge >= 0.3 is 11.8 Å². The second kappa shape index (κ2) is 10.8. The van der Waals surface area contributed by atoms with Crippen LogP contribution in [0.25, 0.3) is 0 Å². The minimum Gasteiger partial charge on any atom is -0.354 e. The molecule has 3 fully saturated rings. The summed E-state index contributed by atoms with van der Waals surface area (Å²) in [5.74, 6) is -0.983. The molecule has 10 heteroatoms. The highest BCUT2D eigenvalue weighted by molar-refractivity contribution is 6.35. The lowest BCUT2D eigenvalue weighted by Crippen LogP contribution is -2.57. The molecule has 3 rings (SSSR count). The van der Waals surface area contributed by atoms with Crippen LogP contribution in [0, 0.1) is 5.92 Å². The van der Waals surface area contributed by atoms with E-state index in [4.69, 9.17) is 0 Å². The van der Waals surface area contributed by atoms with Crippen LogP contribution < -0.4 is 10.6 Å². The van der Waals surface area contributed by atoms with Crippen molar-refractivity contribution in [2.45, 2.75) is 38.6 Å². The zero-order valence-corrected chi connectivity index (χ0v) is 17.8. The number of carbonyl (C=O) groups is 4. The SMILES string of the molecule is CCN1CCN(CC(=O)N2CCCC(CNC(=O)C3CCCN3)C2)C(=O)C1=O.Cl. The molecule has 0 saturated carbocycles. The van der Waals surface area contributed by atoms with Crippen LogP contribution in [0.15, 0.2) is 0 Å². The fraction of sp³-hybridized carbons (Fsp3) is 0.789. The van der Waals surface area contributed by atoms with E-state index in [1.165, 1.54) is 9.80 Å². The molecule has 2 unspecified atom stereocenters. The molecule has 0 aromatic rings. The Kier molecular flexibility index (Phi) is 8.70. The van der Waals surface area contributed by atoms with Crippen LogP contribution in [0.3, 0.4) is 0 Å². The van der Waals surface area contributed by atoms with Crippen LogP contribution in [0.1, 0.15) is 32.6 Å². The van der Waals surface area contributed by atoms with Gasteiger partial charge in [0.15, 0.2) is 0 Å². The van der Waals surface area contributed by atoms with E-state index in [1.54, 1.807) is 4.90 Å². The largest absolute Gasteiger partial charge is 0.354 e. The number of nitrogens with zero attached hydrogens (tertiary/aromatic N) is 3. The van der Waals surface area contributed by atoms with Crippen molar-refractivity contribution in [1.82, 2.24) is 25.3 Å². The van der Waals surface area contributed by atoms with Gasteiger partial charge in [0.1, 0.15) is 6.54 Å². The molecule has 29 heavy (non-hydrogen) atoms. The molecule has 0 radical (unpaired) electrons. The summed E-state index contributed by atoms with van der Waals surface area (Å²) in [6, 6.07) is -0.0911. The Morgan fingerprint density at radius 1 is 1.07 bits per heavy atom. The first kappa shape index (κ1) is 23.4. The maximum absolute atomic E-state index is 12.7. The van der Waals surface area contributed by atoms with Gasteiger partial charge < -0.3 is 25.3 Å². The molecule has 4 amide bonds. The molecule has 3 aliphatic heterocycles. The van der Waals surface area contributed by atoms with Gasteiger partial charge in [0.25, 0.3) is 0 Å². The number of likely N-dealkylation sites (N-methyl/N-ethyl adjacent to an activating group) is 1. The third kappa shape index (κ3) is 5.82. The van der Waals surface area contributed by atoms with Crippen molar-refractivity contribution in [1.29, 1.82) is 0 Å². The lowest BCUT2D eigenvalue weighted by Gasteiger charge is -2.36. The summed E-state index contributed by atoms with van der Waals surface area (Å²) in [5, 5.41) is 6.19. The van der Waals surface area contributed by atoms with E-state index in [0.717, 1.165) is 32.2 Å². The van der Waals surface area contributed by atoms with Crippen molar-refractivity contribution < 1.29 is 19.2 Å². The van der Waals surface area contributed by atoms with E-state index in [-0.39, 0.29) is 42.7 Å². The van der Waals surface area contributed by atoms with Crippen molar-refractivity contribution in [3.63, 3.8) is 0 Å². The molecule has 2 atom stereocenters. The minimum atomic E-state index is -0.591. The first-order valence-electron chi connectivity index (χ1n) is 10.4. The van der Waals surface area contributed by atoms with Crippen molar-refractivity contribution >= 4 is 36.0 Å². The van der Waals surface area contributed by atoms with Gasteiger partial charge in [-0.05, 0) is 45.1 Å². The first-order valence-corrected chi connectivity index (χ1v) is 10.4. The second-order valence-electron chi connectivity index (χ2n) is 7.85. The third-order valence-electron chi connectivity index (χ3n) is 5.92. The summed E-state index contributed by atoms with van der Waals surface area (Å²) in [6.07, 6.45) is 3.75. The highest BCUT2D eigenvalue weighted by Crippen LogP contribution is 2.17. The van der Waals surface area contributed by atoms with Gasteiger partial charge in [-0.3, -0.25) is 19.2 Å². The Morgan fingerprint density at radius 3 is 2.48 bits per heavy atom. The van der Waals surface area contributed by atoms with Crippen molar-refractivity contribution in [3.05, 3.63) is 0 Å². The molecule has 0 bridgehead atoms. The summed E-state index contributed by atoms with van der Waals surface area (Å²) >= 11 is 0. The van der Waals surface area contributed by atoms with Gasteiger partial charge in [-0.15, -0.1) is 12.4 Å². The second-order valence-corrected chi connectivity index (χ2v) is 7.85. The summed E-state index contributed by atoms with van der Waals surface area (Å²) < 4.78 is 0. The molecule has 3 saturated heterocycles. The van der Waals surface area contributed by atoms with Crippen molar-refractivity contribution in [2.24, 2.45) is 5.92 Å². The van der Waals surface area contributed by atoms with E-state index in [1.807, 2.05) is 6.92 Å². The molecule has 9 nitrogen and oxygen atoms in total. The number of carbonyl (C=O) groups excluding carboxylic acids is 4. The molecule has 0 aromatic carbocycles. The molecule has 0 aliphatic carbocycles. The number of halogens is 1. The highest BCUT2D eigenvalue weighted by atomic mass is 35.5. The van der Waals surface area contributed by atoms with Gasteiger partial charge in [-0.25, -0.2) is 0 Å². The van der Waals surface area contributed by atoms with Gasteiger partial charge in [0.2, 0.25) is 11.8 Å². The topological polar surface area (TPSA) is 102 Å². The maximum atomic E-state index is 12.7. The quantitative estimate of drug-likeness (QED) is 0.538. The average Bonchev–Trinajstić information content (AvgIpc) is 3.25. The number of piperazine rings is 1. The van der Waals surface area contributed by atoms with E-state index in [0.29, 0.717) is 39.3 Å². The van der Waals surface area contributed by atoms with Gasteiger partial charge in [-0.1, -0.05) is 0 Å². The van der Waals surface area contributed by atoms with Gasteiger partial charge in [-0.2, -0.15) is 0 Å². The predicted octanol–water partition coefficient (Wildman–Crippen LogP) is -0.794. The number of amides is 4. The zero-order valence-electron chi connectivity index (χ0n) is 17.0. The molecule has 0 spiro atoms. The molecule has 3 aliphatic rings. The maximum Gasteiger partial charge on any atom is 0.312 e. The smallest absolute Gasteiger partial charge is 0.312 e. The number of hydrogen-bond donors (Lipinski definition) is 2. The lowest BCUT2D eigenvalue weighted by atomic mass is 9.97. The number of rotatable bonds is 6. The summed E-state index contributed by atoms with van der Waals surface area (Å²) in [5.41, 5.74) is 0. The molecular formula is C19H32ClN5O4. The van der Waals surface area contributed by atoms with Gasteiger partial charge in [0.05, 0.1) is 6.04 Å². The third-order valence-corrected chi connectivity index (χ3v) is 5.92. The van der Waals surface area contributed by atoms with Gasteiger partial charge in [0, 0.05) is 39.3 Å². The number of nitrogens with one attached hydrogen (secondary N) is 2. The fourth-order valence-electron chi connectivity index (χ4n) is 4.17. The molecular weight excluding hydrogens is 398 g/mol. The Balaban J connectivity index is 0.00000300.